The summed E-state index contributed by atoms with van der Waals surface area (Å²) in [6, 6.07) is 5.03. The molecule has 3 heterocycles. The van der Waals surface area contributed by atoms with Crippen molar-refractivity contribution in [1.82, 2.24) is 15.1 Å². The van der Waals surface area contributed by atoms with Crippen molar-refractivity contribution >= 4 is 57.0 Å². The Balaban J connectivity index is 1.03. The summed E-state index contributed by atoms with van der Waals surface area (Å²) in [4.78, 5) is 78.8. The Bertz CT molecular complexity index is 2230. The molecule has 0 spiro atoms. The molecular formula is C49H65F2N3O12S. The molecular weight excluding hydrogens is 893 g/mol. The number of hydrogen-bond acceptors (Lipinski definition) is 13. The minimum absolute atomic E-state index is 0.00161. The minimum atomic E-state index is -0.645. The molecule has 1 aromatic heterocycles. The molecule has 0 aliphatic carbocycles. The molecule has 1 N–H and O–H groups in total. The number of methoxy groups -OCH3 is 2. The number of nitrogens with zero attached hydrogens (tertiary/aromatic N) is 2. The van der Waals surface area contributed by atoms with E-state index in [0.717, 1.165) is 41.9 Å². The third kappa shape index (κ3) is 14.0. The van der Waals surface area contributed by atoms with E-state index in [1.807, 2.05) is 20.8 Å². The topological polar surface area (TPSA) is 176 Å². The van der Waals surface area contributed by atoms with Crippen LogP contribution in [0.3, 0.4) is 0 Å². The monoisotopic (exact) mass is 957 g/mol. The van der Waals surface area contributed by atoms with E-state index < -0.39 is 35.4 Å². The summed E-state index contributed by atoms with van der Waals surface area (Å²) in [6.45, 7) is 7.77. The molecule has 67 heavy (non-hydrogen) atoms. The van der Waals surface area contributed by atoms with Gasteiger partial charge in [-0.3, -0.25) is 33.7 Å². The third-order valence-corrected chi connectivity index (χ3v) is 13.2. The second-order valence-electron chi connectivity index (χ2n) is 17.0. The average Bonchev–Trinajstić information content (AvgIpc) is 4.02. The number of unbranched alkanes of at least 4 members (excludes halogenated alkanes) is 1. The van der Waals surface area contributed by atoms with Crippen LogP contribution in [0, 0.1) is 23.5 Å². The fraction of sp³-hybridized carbons (Fsp3) is 0.592. The number of esters is 2. The van der Waals surface area contributed by atoms with Gasteiger partial charge in [-0.2, -0.15) is 0 Å². The van der Waals surface area contributed by atoms with E-state index in [9.17, 15) is 28.8 Å². The Morgan fingerprint density at radius 3 is 2.24 bits per heavy atom. The third-order valence-electron chi connectivity index (χ3n) is 12.1. The summed E-state index contributed by atoms with van der Waals surface area (Å²) in [5, 5.41) is 2.93. The maximum absolute atomic E-state index is 15.9. The highest BCUT2D eigenvalue weighted by Gasteiger charge is 2.41. The van der Waals surface area contributed by atoms with Crippen LogP contribution < -0.4 is 24.3 Å². The van der Waals surface area contributed by atoms with Crippen molar-refractivity contribution in [3.05, 3.63) is 45.8 Å². The molecule has 0 saturated carbocycles. The molecule has 3 unspecified atom stereocenters. The molecule has 1 saturated heterocycles. The molecule has 1 fully saturated rings. The Morgan fingerprint density at radius 2 is 1.55 bits per heavy atom. The first kappa shape index (κ1) is 52.4. The summed E-state index contributed by atoms with van der Waals surface area (Å²) in [7, 11) is 2.80. The number of likely N-dealkylation sites (tertiary alicyclic amines) is 1. The number of imide groups is 1. The molecule has 2 aliphatic rings. The number of nitrogens with one attached hydrogen (secondary N) is 1. The zero-order valence-electron chi connectivity index (χ0n) is 39.6. The SMILES string of the molecule is CCCCC(C)C1CC(=O)N(CC(=O)NCCOC(=O)CCCc2cc3c(F)c(OCCCOc4c(OC)cc5c(c4F)CN(C(=O)CCC(=O)OC(CC)CCC)C5)c(OC)cc3s2)C1=O. The van der Waals surface area contributed by atoms with Crippen molar-refractivity contribution in [1.29, 1.82) is 0 Å². The average molecular weight is 958 g/mol. The van der Waals surface area contributed by atoms with Crippen LogP contribution in [0.5, 0.6) is 23.0 Å². The normalized spacial score (nSPS) is 15.4. The molecule has 4 amide bonds. The first-order chi connectivity index (χ1) is 32.2. The highest BCUT2D eigenvalue weighted by Crippen LogP contribution is 2.41. The molecule has 3 atom stereocenters. The predicted octanol–water partition coefficient (Wildman–Crippen LogP) is 7.97. The van der Waals surface area contributed by atoms with Gasteiger partial charge in [0.2, 0.25) is 23.6 Å². The molecule has 368 valence electrons. The van der Waals surface area contributed by atoms with Crippen LogP contribution in [0.2, 0.25) is 0 Å². The molecule has 3 aromatic rings. The van der Waals surface area contributed by atoms with Gasteiger partial charge in [0.15, 0.2) is 34.6 Å². The maximum Gasteiger partial charge on any atom is 0.306 e. The number of carbonyl (C=O) groups excluding carboxylic acids is 6. The van der Waals surface area contributed by atoms with Crippen molar-refractivity contribution in [2.75, 3.05) is 47.1 Å². The van der Waals surface area contributed by atoms with E-state index >= 15 is 8.78 Å². The van der Waals surface area contributed by atoms with Gasteiger partial charge >= 0.3 is 11.9 Å². The van der Waals surface area contributed by atoms with Gasteiger partial charge < -0.3 is 38.6 Å². The molecule has 18 heteroatoms. The fourth-order valence-corrected chi connectivity index (χ4v) is 9.38. The number of halogens is 2. The number of rotatable bonds is 28. The standard InChI is InChI=1S/C49H65F2N3O12S/c1-7-10-14-30(4)34-25-42(57)54(49(34)60)29-40(55)52-19-22-63-43(58)16-11-15-33-24-35-39(67-33)26-38(62-6)48(45(35)50)65-21-12-20-64-47-37(61-5)23-31-27-53(28-36(31)46(47)51)41(56)17-18-44(59)66-32(9-3)13-8-2/h23-24,26,30,32,34H,7-22,25,27-29H2,1-6H3,(H,52,55). The molecule has 0 radical (unpaired) electrons. The first-order valence-electron chi connectivity index (χ1n) is 23.4. The van der Waals surface area contributed by atoms with Gasteiger partial charge in [-0.1, -0.05) is 47.0 Å². The van der Waals surface area contributed by atoms with Crippen molar-refractivity contribution in [3.8, 4) is 23.0 Å². The summed E-state index contributed by atoms with van der Waals surface area (Å²) in [5.74, 6) is -3.79. The number of aryl methyl sites for hydroxylation is 1. The van der Waals surface area contributed by atoms with Crippen molar-refractivity contribution in [2.24, 2.45) is 11.8 Å². The zero-order valence-corrected chi connectivity index (χ0v) is 40.4. The highest BCUT2D eigenvalue weighted by molar-refractivity contribution is 7.19. The predicted molar refractivity (Wildman–Crippen MR) is 246 cm³/mol. The van der Waals surface area contributed by atoms with Gasteiger partial charge in [0.25, 0.3) is 0 Å². The lowest BCUT2D eigenvalue weighted by Gasteiger charge is -2.18. The van der Waals surface area contributed by atoms with E-state index in [1.54, 1.807) is 18.2 Å². The lowest BCUT2D eigenvalue weighted by Crippen LogP contribution is -2.42. The van der Waals surface area contributed by atoms with Crippen LogP contribution in [-0.2, 0) is 57.8 Å². The second kappa shape index (κ2) is 25.6. The quantitative estimate of drug-likeness (QED) is 0.0423. The number of thiophene rings is 1. The zero-order chi connectivity index (χ0) is 48.6. The number of hydrogen-bond donors (Lipinski definition) is 1. The molecule has 0 bridgehead atoms. The van der Waals surface area contributed by atoms with E-state index in [1.165, 1.54) is 30.5 Å². The molecule has 15 nitrogen and oxygen atoms in total. The van der Waals surface area contributed by atoms with Gasteiger partial charge in [-0.15, -0.1) is 11.3 Å². The van der Waals surface area contributed by atoms with Gasteiger partial charge in [-0.05, 0) is 55.7 Å². The smallest absolute Gasteiger partial charge is 0.306 e. The summed E-state index contributed by atoms with van der Waals surface area (Å²) in [5.41, 5.74) is 0.887. The van der Waals surface area contributed by atoms with E-state index in [4.69, 9.17) is 28.4 Å². The number of fused-ring (bicyclic) bond motifs is 2. The number of ether oxygens (including phenoxy) is 6. The van der Waals surface area contributed by atoms with Crippen LogP contribution >= 0.6 is 11.3 Å². The van der Waals surface area contributed by atoms with Crippen LogP contribution in [0.15, 0.2) is 18.2 Å². The minimum Gasteiger partial charge on any atom is -0.493 e. The fourth-order valence-electron chi connectivity index (χ4n) is 8.25. The number of benzene rings is 2. The highest BCUT2D eigenvalue weighted by atomic mass is 32.1. The van der Waals surface area contributed by atoms with Gasteiger partial charge in [-0.25, -0.2) is 8.78 Å². The van der Waals surface area contributed by atoms with Crippen LogP contribution in [0.4, 0.5) is 8.78 Å². The van der Waals surface area contributed by atoms with E-state index in [-0.39, 0.29) is 131 Å². The van der Waals surface area contributed by atoms with Crippen LogP contribution in [0.1, 0.15) is 121 Å². The first-order valence-corrected chi connectivity index (χ1v) is 24.2. The van der Waals surface area contributed by atoms with Crippen molar-refractivity contribution in [3.63, 3.8) is 0 Å². The Morgan fingerprint density at radius 1 is 0.836 bits per heavy atom. The Labute approximate surface area is 395 Å². The number of amides is 4. The van der Waals surface area contributed by atoms with Crippen molar-refractivity contribution in [2.45, 2.75) is 130 Å². The summed E-state index contributed by atoms with van der Waals surface area (Å²) in [6.07, 6.45) is 6.24. The van der Waals surface area contributed by atoms with Gasteiger partial charge in [0.05, 0.1) is 40.4 Å². The molecule has 5 rings (SSSR count). The Hall–Kier alpha value is -5.52. The van der Waals surface area contributed by atoms with Gasteiger partial charge in [0.1, 0.15) is 19.3 Å². The lowest BCUT2D eigenvalue weighted by molar-refractivity contribution is -0.151. The Kier molecular flexibility index (Phi) is 20.0. The summed E-state index contributed by atoms with van der Waals surface area (Å²) < 4.78 is 65.7. The number of carbonyl (C=O) groups is 6. The van der Waals surface area contributed by atoms with Crippen molar-refractivity contribution < 1.29 is 66.0 Å². The van der Waals surface area contributed by atoms with Crippen LogP contribution in [0.25, 0.3) is 10.1 Å². The van der Waals surface area contributed by atoms with Crippen LogP contribution in [-0.4, -0.2) is 98.6 Å². The lowest BCUT2D eigenvalue weighted by atomic mass is 9.88. The van der Waals surface area contributed by atoms with E-state index in [0.29, 0.717) is 40.5 Å². The molecule has 2 aromatic carbocycles. The van der Waals surface area contributed by atoms with E-state index in [2.05, 4.69) is 12.2 Å². The van der Waals surface area contributed by atoms with Gasteiger partial charge in [0, 0.05) is 71.3 Å². The maximum atomic E-state index is 15.9. The molecule has 2 aliphatic heterocycles. The largest absolute Gasteiger partial charge is 0.493 e. The summed E-state index contributed by atoms with van der Waals surface area (Å²) >= 11 is 1.36. The second-order valence-corrected chi connectivity index (χ2v) is 18.2.